The molecule has 82 valence electrons. The van der Waals surface area contributed by atoms with Gasteiger partial charge in [-0.1, -0.05) is 24.3 Å². The Kier molecular flexibility index (Phi) is 3.01. The molecule has 0 saturated carbocycles. The number of carboxylic acid groups (broad SMARTS) is 1. The quantitative estimate of drug-likeness (QED) is 0.886. The summed E-state index contributed by atoms with van der Waals surface area (Å²) in [5.74, 6) is -0.808. The number of aromatic nitrogens is 1. The number of benzene rings is 1. The lowest BCUT2D eigenvalue weighted by Gasteiger charge is -1.99. The number of rotatable bonds is 3. The minimum absolute atomic E-state index is 0.0666. The zero-order chi connectivity index (χ0) is 11.5. The molecule has 0 saturated heterocycles. The number of thiazole rings is 1. The fourth-order valence-electron chi connectivity index (χ4n) is 1.43. The van der Waals surface area contributed by atoms with E-state index in [4.69, 9.17) is 5.11 Å². The molecular weight excluding hydrogens is 222 g/mol. The summed E-state index contributed by atoms with van der Waals surface area (Å²) in [6.45, 7) is 1.96. The Morgan fingerprint density at radius 1 is 1.38 bits per heavy atom. The van der Waals surface area contributed by atoms with Gasteiger partial charge < -0.3 is 5.11 Å². The highest BCUT2D eigenvalue weighted by atomic mass is 32.1. The summed E-state index contributed by atoms with van der Waals surface area (Å²) in [5.41, 5.74) is 2.85. The van der Waals surface area contributed by atoms with Gasteiger partial charge >= 0.3 is 5.97 Å². The number of carbonyl (C=O) groups is 1. The first-order valence-corrected chi connectivity index (χ1v) is 5.76. The van der Waals surface area contributed by atoms with Crippen LogP contribution < -0.4 is 0 Å². The van der Waals surface area contributed by atoms with Gasteiger partial charge in [0.1, 0.15) is 5.01 Å². The van der Waals surface area contributed by atoms with E-state index in [0.717, 1.165) is 21.8 Å². The molecule has 0 aliphatic heterocycles. The summed E-state index contributed by atoms with van der Waals surface area (Å²) in [6.07, 6.45) is 0.0666. The number of aliphatic carboxylic acids is 1. The van der Waals surface area contributed by atoms with Crippen LogP contribution in [0, 0.1) is 6.92 Å². The molecule has 2 rings (SSSR count). The van der Waals surface area contributed by atoms with Gasteiger partial charge in [0, 0.05) is 16.6 Å². The molecule has 0 aliphatic carbocycles. The van der Waals surface area contributed by atoms with Crippen molar-refractivity contribution in [1.82, 2.24) is 4.98 Å². The predicted octanol–water partition coefficient (Wildman–Crippen LogP) is 2.75. The molecule has 3 nitrogen and oxygen atoms in total. The van der Waals surface area contributed by atoms with E-state index in [1.807, 2.05) is 36.6 Å². The number of hydrogen-bond acceptors (Lipinski definition) is 3. The highest BCUT2D eigenvalue weighted by Crippen LogP contribution is 2.23. The summed E-state index contributed by atoms with van der Waals surface area (Å²) in [7, 11) is 0. The molecule has 0 aliphatic rings. The van der Waals surface area contributed by atoms with Gasteiger partial charge in [0.05, 0.1) is 6.42 Å². The zero-order valence-electron chi connectivity index (χ0n) is 8.80. The second-order valence-corrected chi connectivity index (χ2v) is 4.42. The number of aryl methyl sites for hydroxylation is 1. The van der Waals surface area contributed by atoms with Crippen molar-refractivity contribution >= 4 is 17.3 Å². The maximum atomic E-state index is 10.5. The van der Waals surface area contributed by atoms with Crippen LogP contribution in [0.3, 0.4) is 0 Å². The maximum absolute atomic E-state index is 10.5. The van der Waals surface area contributed by atoms with E-state index in [2.05, 4.69) is 4.98 Å². The van der Waals surface area contributed by atoms with E-state index < -0.39 is 5.97 Å². The molecule has 16 heavy (non-hydrogen) atoms. The molecule has 0 unspecified atom stereocenters. The van der Waals surface area contributed by atoms with Crippen molar-refractivity contribution in [3.05, 3.63) is 40.9 Å². The lowest BCUT2D eigenvalue weighted by molar-refractivity contribution is -0.136. The van der Waals surface area contributed by atoms with Crippen LogP contribution in [-0.2, 0) is 11.2 Å². The number of hydrogen-bond donors (Lipinski definition) is 1. The van der Waals surface area contributed by atoms with Gasteiger partial charge in [-0.05, 0) is 12.5 Å². The van der Waals surface area contributed by atoms with Gasteiger partial charge in [-0.2, -0.15) is 0 Å². The van der Waals surface area contributed by atoms with E-state index in [0.29, 0.717) is 0 Å². The van der Waals surface area contributed by atoms with Gasteiger partial charge in [0.25, 0.3) is 0 Å². The van der Waals surface area contributed by atoms with Crippen LogP contribution in [0.4, 0.5) is 0 Å². The first kappa shape index (κ1) is 10.8. The molecule has 0 fully saturated rings. The topological polar surface area (TPSA) is 50.2 Å². The standard InChI is InChI=1S/C12H11NO2S/c1-8-7-16-12(13-8)10-4-2-9(3-5-10)6-11(14)15/h2-5,7H,6H2,1H3,(H,14,15). The van der Waals surface area contributed by atoms with Gasteiger partial charge in [0.2, 0.25) is 0 Å². The Morgan fingerprint density at radius 3 is 2.56 bits per heavy atom. The summed E-state index contributed by atoms with van der Waals surface area (Å²) < 4.78 is 0. The van der Waals surface area contributed by atoms with Crippen LogP contribution in [-0.4, -0.2) is 16.1 Å². The molecule has 0 atom stereocenters. The van der Waals surface area contributed by atoms with Crippen molar-refractivity contribution in [2.75, 3.05) is 0 Å². The Labute approximate surface area is 97.4 Å². The summed E-state index contributed by atoms with van der Waals surface area (Å²) in [4.78, 5) is 14.9. The van der Waals surface area contributed by atoms with Crippen molar-refractivity contribution in [1.29, 1.82) is 0 Å². The van der Waals surface area contributed by atoms with E-state index in [1.165, 1.54) is 0 Å². The zero-order valence-corrected chi connectivity index (χ0v) is 9.62. The van der Waals surface area contributed by atoms with Crippen LogP contribution >= 0.6 is 11.3 Å². The molecule has 1 aromatic heterocycles. The van der Waals surface area contributed by atoms with E-state index in [-0.39, 0.29) is 6.42 Å². The predicted molar refractivity (Wildman–Crippen MR) is 63.6 cm³/mol. The monoisotopic (exact) mass is 233 g/mol. The average molecular weight is 233 g/mol. The minimum Gasteiger partial charge on any atom is -0.481 e. The Bertz CT molecular complexity index is 502. The van der Waals surface area contributed by atoms with Gasteiger partial charge in [-0.3, -0.25) is 4.79 Å². The maximum Gasteiger partial charge on any atom is 0.307 e. The van der Waals surface area contributed by atoms with Crippen LogP contribution in [0.5, 0.6) is 0 Å². The Morgan fingerprint density at radius 2 is 2.06 bits per heavy atom. The van der Waals surface area contributed by atoms with Crippen molar-refractivity contribution < 1.29 is 9.90 Å². The average Bonchev–Trinajstić information content (AvgIpc) is 2.65. The van der Waals surface area contributed by atoms with Crippen molar-refractivity contribution in [2.45, 2.75) is 13.3 Å². The third-order valence-electron chi connectivity index (χ3n) is 2.18. The van der Waals surface area contributed by atoms with Gasteiger partial charge in [0.15, 0.2) is 0 Å². The fourth-order valence-corrected chi connectivity index (χ4v) is 2.23. The molecule has 0 spiro atoms. The number of carboxylic acids is 1. The van der Waals surface area contributed by atoms with Crippen LogP contribution in [0.25, 0.3) is 10.6 Å². The summed E-state index contributed by atoms with van der Waals surface area (Å²) >= 11 is 1.59. The molecule has 1 N–H and O–H groups in total. The van der Waals surface area contributed by atoms with E-state index in [9.17, 15) is 4.79 Å². The molecule has 2 aromatic rings. The largest absolute Gasteiger partial charge is 0.481 e. The molecule has 0 amide bonds. The third kappa shape index (κ3) is 2.46. The second-order valence-electron chi connectivity index (χ2n) is 3.56. The van der Waals surface area contributed by atoms with Gasteiger partial charge in [-0.15, -0.1) is 11.3 Å². The number of nitrogens with zero attached hydrogens (tertiary/aromatic N) is 1. The molecule has 1 heterocycles. The normalized spacial score (nSPS) is 10.3. The minimum atomic E-state index is -0.808. The van der Waals surface area contributed by atoms with Crippen LogP contribution in [0.1, 0.15) is 11.3 Å². The lowest BCUT2D eigenvalue weighted by atomic mass is 10.1. The second kappa shape index (κ2) is 4.45. The van der Waals surface area contributed by atoms with Gasteiger partial charge in [-0.25, -0.2) is 4.98 Å². The van der Waals surface area contributed by atoms with E-state index in [1.54, 1.807) is 11.3 Å². The summed E-state index contributed by atoms with van der Waals surface area (Å²) in [6, 6.07) is 7.49. The molecule has 0 radical (unpaired) electrons. The lowest BCUT2D eigenvalue weighted by Crippen LogP contribution is -1.99. The van der Waals surface area contributed by atoms with E-state index >= 15 is 0 Å². The molecular formula is C12H11NO2S. The van der Waals surface area contributed by atoms with Crippen molar-refractivity contribution in [3.8, 4) is 10.6 Å². The fraction of sp³-hybridized carbons (Fsp3) is 0.167. The highest BCUT2D eigenvalue weighted by Gasteiger charge is 2.04. The first-order valence-electron chi connectivity index (χ1n) is 4.88. The first-order chi connectivity index (χ1) is 7.65. The Balaban J connectivity index is 2.22. The third-order valence-corrected chi connectivity index (χ3v) is 3.18. The van der Waals surface area contributed by atoms with Crippen molar-refractivity contribution in [2.24, 2.45) is 0 Å². The van der Waals surface area contributed by atoms with Crippen molar-refractivity contribution in [3.63, 3.8) is 0 Å². The summed E-state index contributed by atoms with van der Waals surface area (Å²) in [5, 5.41) is 11.6. The highest BCUT2D eigenvalue weighted by molar-refractivity contribution is 7.13. The van der Waals surface area contributed by atoms with Crippen LogP contribution in [0.15, 0.2) is 29.6 Å². The molecule has 4 heteroatoms. The SMILES string of the molecule is Cc1csc(-c2ccc(CC(=O)O)cc2)n1. The molecule has 1 aromatic carbocycles. The molecule has 0 bridgehead atoms. The Hall–Kier alpha value is -1.68. The van der Waals surface area contributed by atoms with Crippen LogP contribution in [0.2, 0.25) is 0 Å². The smallest absolute Gasteiger partial charge is 0.307 e.